The Hall–Kier alpha value is -0.260. The second-order valence-electron chi connectivity index (χ2n) is 6.95. The second kappa shape index (κ2) is 7.36. The van der Waals surface area contributed by atoms with Crippen molar-refractivity contribution in [1.29, 1.82) is 0 Å². The number of allylic oxidation sites excluding steroid dienone is 2. The molecule has 2 aliphatic rings. The standard InChI is InChI=1S/C18H32.2H2/c1-3-4-5-6-16-9-13-18(14-10-16)17-11-7-15(2)8-12-17;;/h3-4,15-18H,5-14H2,1-2H3;2*1H/b4-3+;;. The predicted octanol–water partition coefficient (Wildman–Crippen LogP) is 6.47. The fourth-order valence-electron chi connectivity index (χ4n) is 4.20. The highest BCUT2D eigenvalue weighted by Crippen LogP contribution is 2.42. The van der Waals surface area contributed by atoms with Gasteiger partial charge in [0.05, 0.1) is 0 Å². The number of hydrogen-bond donors (Lipinski definition) is 0. The summed E-state index contributed by atoms with van der Waals surface area (Å²) >= 11 is 0. The first-order valence-corrected chi connectivity index (χ1v) is 8.40. The van der Waals surface area contributed by atoms with Crippen molar-refractivity contribution in [3.63, 3.8) is 0 Å². The zero-order chi connectivity index (χ0) is 12.8. The van der Waals surface area contributed by atoms with Gasteiger partial charge in [-0.15, -0.1) is 0 Å². The van der Waals surface area contributed by atoms with Crippen molar-refractivity contribution in [2.75, 3.05) is 0 Å². The summed E-state index contributed by atoms with van der Waals surface area (Å²) in [5, 5.41) is 0. The minimum atomic E-state index is 0. The van der Waals surface area contributed by atoms with Crippen LogP contribution in [0.2, 0.25) is 0 Å². The number of hydrogen-bond acceptors (Lipinski definition) is 0. The molecule has 2 fully saturated rings. The third kappa shape index (κ3) is 4.14. The fraction of sp³-hybridized carbons (Fsp3) is 0.889. The summed E-state index contributed by atoms with van der Waals surface area (Å²) in [7, 11) is 0. The molecule has 0 heteroatoms. The molecule has 0 radical (unpaired) electrons. The van der Waals surface area contributed by atoms with E-state index in [0.29, 0.717) is 0 Å². The largest absolute Gasteiger partial charge is 0.0917 e. The van der Waals surface area contributed by atoms with Gasteiger partial charge in [-0.3, -0.25) is 0 Å². The molecular formula is C18H36. The Morgan fingerprint density at radius 2 is 1.44 bits per heavy atom. The average molecular weight is 252 g/mol. The van der Waals surface area contributed by atoms with Gasteiger partial charge in [0.1, 0.15) is 0 Å². The molecule has 0 aromatic rings. The number of rotatable bonds is 4. The zero-order valence-electron chi connectivity index (χ0n) is 12.5. The first-order valence-electron chi connectivity index (χ1n) is 8.40. The van der Waals surface area contributed by atoms with E-state index >= 15 is 0 Å². The lowest BCUT2D eigenvalue weighted by molar-refractivity contribution is 0.148. The van der Waals surface area contributed by atoms with Crippen molar-refractivity contribution in [3.8, 4) is 0 Å². The van der Waals surface area contributed by atoms with Gasteiger partial charge in [0.15, 0.2) is 0 Å². The first kappa shape index (κ1) is 14.2. The summed E-state index contributed by atoms with van der Waals surface area (Å²) in [6, 6.07) is 0. The SMILES string of the molecule is C/C=C/CCC1CCC(C2CCC(C)CC2)CC1.[HH].[HH]. The van der Waals surface area contributed by atoms with Crippen LogP contribution < -0.4 is 0 Å². The van der Waals surface area contributed by atoms with Crippen LogP contribution in [-0.4, -0.2) is 0 Å². The van der Waals surface area contributed by atoms with Crippen molar-refractivity contribution >= 4 is 0 Å². The third-order valence-corrected chi connectivity index (χ3v) is 5.60. The lowest BCUT2D eigenvalue weighted by Gasteiger charge is -2.37. The van der Waals surface area contributed by atoms with E-state index in [1.807, 2.05) is 0 Å². The van der Waals surface area contributed by atoms with E-state index in [1.165, 1.54) is 51.4 Å². The molecule has 2 rings (SSSR count). The van der Waals surface area contributed by atoms with Crippen LogP contribution in [0.5, 0.6) is 0 Å². The molecule has 0 aliphatic heterocycles. The maximum Gasteiger partial charge on any atom is 0 e. The molecule has 0 amide bonds. The van der Waals surface area contributed by atoms with Gasteiger partial charge >= 0.3 is 0 Å². The highest BCUT2D eigenvalue weighted by molar-refractivity contribution is 4.83. The maximum atomic E-state index is 2.44. The van der Waals surface area contributed by atoms with Gasteiger partial charge < -0.3 is 0 Å². The van der Waals surface area contributed by atoms with Crippen molar-refractivity contribution in [2.45, 2.75) is 78.1 Å². The van der Waals surface area contributed by atoms with Crippen LogP contribution in [0.15, 0.2) is 12.2 Å². The normalized spacial score (nSPS) is 38.1. The quantitative estimate of drug-likeness (QED) is 0.503. The molecule has 0 heterocycles. The minimum Gasteiger partial charge on any atom is -0.0917 e. The van der Waals surface area contributed by atoms with E-state index in [0.717, 1.165) is 23.7 Å². The van der Waals surface area contributed by atoms with Gasteiger partial charge in [-0.1, -0.05) is 44.8 Å². The molecule has 18 heavy (non-hydrogen) atoms. The maximum absolute atomic E-state index is 2.44. The van der Waals surface area contributed by atoms with Crippen molar-refractivity contribution in [2.24, 2.45) is 23.7 Å². The lowest BCUT2D eigenvalue weighted by Crippen LogP contribution is -2.25. The van der Waals surface area contributed by atoms with Crippen molar-refractivity contribution in [3.05, 3.63) is 12.2 Å². The van der Waals surface area contributed by atoms with E-state index < -0.39 is 0 Å². The smallest absolute Gasteiger partial charge is 0 e. The Bertz CT molecular complexity index is 246. The topological polar surface area (TPSA) is 0 Å². The molecule has 0 unspecified atom stereocenters. The summed E-state index contributed by atoms with van der Waals surface area (Å²) in [4.78, 5) is 0. The van der Waals surface area contributed by atoms with E-state index in [4.69, 9.17) is 0 Å². The molecule has 0 bridgehead atoms. The summed E-state index contributed by atoms with van der Waals surface area (Å²) in [5.74, 6) is 4.24. The van der Waals surface area contributed by atoms with Crippen LogP contribution in [0.1, 0.15) is 80.9 Å². The van der Waals surface area contributed by atoms with Crippen LogP contribution >= 0.6 is 0 Å². The van der Waals surface area contributed by atoms with Gasteiger partial charge in [-0.25, -0.2) is 0 Å². The van der Waals surface area contributed by atoms with Gasteiger partial charge in [-0.05, 0) is 69.1 Å². The molecule has 108 valence electrons. The molecule has 0 aromatic carbocycles. The molecule has 0 N–H and O–H groups in total. The molecular weight excluding hydrogens is 216 g/mol. The summed E-state index contributed by atoms with van der Waals surface area (Å²) in [6.07, 6.45) is 19.5. The van der Waals surface area contributed by atoms with Gasteiger partial charge in [-0.2, -0.15) is 0 Å². The Morgan fingerprint density at radius 1 is 0.889 bits per heavy atom. The average Bonchev–Trinajstić information content (AvgIpc) is 2.41. The van der Waals surface area contributed by atoms with Crippen LogP contribution in [0, 0.1) is 23.7 Å². The van der Waals surface area contributed by atoms with Gasteiger partial charge in [0.2, 0.25) is 0 Å². The first-order chi connectivity index (χ1) is 8.79. The molecule has 0 atom stereocenters. The molecule has 0 aromatic heterocycles. The van der Waals surface area contributed by atoms with Crippen molar-refractivity contribution in [1.82, 2.24) is 0 Å². The minimum absolute atomic E-state index is 0. The molecule has 2 saturated carbocycles. The third-order valence-electron chi connectivity index (χ3n) is 5.60. The Kier molecular flexibility index (Phi) is 5.79. The summed E-state index contributed by atoms with van der Waals surface area (Å²) in [5.41, 5.74) is 0. The lowest BCUT2D eigenvalue weighted by atomic mass is 9.69. The monoisotopic (exact) mass is 252 g/mol. The van der Waals surface area contributed by atoms with Gasteiger partial charge in [0, 0.05) is 2.85 Å². The molecule has 2 aliphatic carbocycles. The molecule has 0 saturated heterocycles. The van der Waals surface area contributed by atoms with Crippen molar-refractivity contribution < 1.29 is 2.85 Å². The summed E-state index contributed by atoms with van der Waals surface area (Å²) < 4.78 is 0. The zero-order valence-corrected chi connectivity index (χ0v) is 12.5. The summed E-state index contributed by atoms with van der Waals surface area (Å²) in [6.45, 7) is 4.58. The Balaban J connectivity index is 0.00000180. The van der Waals surface area contributed by atoms with E-state index in [-0.39, 0.29) is 2.85 Å². The van der Waals surface area contributed by atoms with Crippen LogP contribution in [-0.2, 0) is 0 Å². The van der Waals surface area contributed by atoms with E-state index in [9.17, 15) is 0 Å². The van der Waals surface area contributed by atoms with E-state index in [2.05, 4.69) is 26.0 Å². The predicted molar refractivity (Wildman–Crippen MR) is 84.8 cm³/mol. The van der Waals surface area contributed by atoms with Crippen LogP contribution in [0.3, 0.4) is 0 Å². The van der Waals surface area contributed by atoms with Gasteiger partial charge in [0.25, 0.3) is 0 Å². The molecule has 0 nitrogen and oxygen atoms in total. The molecule has 0 spiro atoms. The van der Waals surface area contributed by atoms with Crippen LogP contribution in [0.25, 0.3) is 0 Å². The fourth-order valence-corrected chi connectivity index (χ4v) is 4.20. The Labute approximate surface area is 117 Å². The van der Waals surface area contributed by atoms with Crippen LogP contribution in [0.4, 0.5) is 0 Å². The highest BCUT2D eigenvalue weighted by Gasteiger charge is 2.29. The second-order valence-corrected chi connectivity index (χ2v) is 6.95. The highest BCUT2D eigenvalue weighted by atomic mass is 14.3. The van der Waals surface area contributed by atoms with E-state index in [1.54, 1.807) is 12.8 Å². The Morgan fingerprint density at radius 3 is 2.00 bits per heavy atom.